The second-order valence-electron chi connectivity index (χ2n) is 4.33. The zero-order valence-electron chi connectivity index (χ0n) is 12.1. The standard InChI is InChI=1S/C15H19NO4/c1-9-10(7-8-20-9)13(16)11-5-6-12(17-2)15(19-4)14(11)18-3/h5-8,13H,16H2,1-4H3. The van der Waals surface area contributed by atoms with Crippen LogP contribution in [0, 0.1) is 6.92 Å². The number of rotatable bonds is 5. The van der Waals surface area contributed by atoms with Gasteiger partial charge in [-0.05, 0) is 25.1 Å². The molecule has 1 aromatic carbocycles. The normalized spacial score (nSPS) is 12.1. The van der Waals surface area contributed by atoms with Crippen LogP contribution in [0.4, 0.5) is 0 Å². The Morgan fingerprint density at radius 1 is 0.950 bits per heavy atom. The molecule has 0 aliphatic carbocycles. The molecule has 0 aliphatic heterocycles. The van der Waals surface area contributed by atoms with E-state index in [1.165, 1.54) is 0 Å². The van der Waals surface area contributed by atoms with Crippen LogP contribution < -0.4 is 19.9 Å². The summed E-state index contributed by atoms with van der Waals surface area (Å²) in [6.45, 7) is 1.88. The number of furan rings is 1. The SMILES string of the molecule is COc1ccc(C(N)c2ccoc2C)c(OC)c1OC. The molecule has 2 N–H and O–H groups in total. The minimum absolute atomic E-state index is 0.358. The van der Waals surface area contributed by atoms with Gasteiger partial charge in [0.05, 0.1) is 33.6 Å². The summed E-state index contributed by atoms with van der Waals surface area (Å²) in [5, 5.41) is 0. The van der Waals surface area contributed by atoms with Crippen molar-refractivity contribution >= 4 is 0 Å². The fourth-order valence-corrected chi connectivity index (χ4v) is 2.25. The van der Waals surface area contributed by atoms with Gasteiger partial charge in [-0.25, -0.2) is 0 Å². The number of ether oxygens (including phenoxy) is 3. The Bertz CT molecular complexity index is 592. The number of hydrogen-bond donors (Lipinski definition) is 1. The minimum atomic E-state index is -0.358. The first kappa shape index (κ1) is 14.3. The van der Waals surface area contributed by atoms with Crippen molar-refractivity contribution in [3.63, 3.8) is 0 Å². The van der Waals surface area contributed by atoms with Crippen LogP contribution in [0.5, 0.6) is 17.2 Å². The third kappa shape index (κ3) is 2.32. The molecule has 0 aliphatic rings. The van der Waals surface area contributed by atoms with Crippen LogP contribution in [0.25, 0.3) is 0 Å². The molecule has 0 fully saturated rings. The maximum atomic E-state index is 6.32. The van der Waals surface area contributed by atoms with E-state index in [-0.39, 0.29) is 6.04 Å². The number of benzene rings is 1. The molecule has 1 aromatic heterocycles. The highest BCUT2D eigenvalue weighted by molar-refractivity contribution is 5.58. The van der Waals surface area contributed by atoms with Crippen LogP contribution in [0.3, 0.4) is 0 Å². The first-order valence-electron chi connectivity index (χ1n) is 6.22. The van der Waals surface area contributed by atoms with Crippen molar-refractivity contribution in [1.29, 1.82) is 0 Å². The molecule has 0 spiro atoms. The molecule has 0 bridgehead atoms. The molecule has 2 aromatic rings. The molecule has 1 unspecified atom stereocenters. The van der Waals surface area contributed by atoms with E-state index in [1.807, 2.05) is 25.1 Å². The van der Waals surface area contributed by atoms with Crippen molar-refractivity contribution < 1.29 is 18.6 Å². The average Bonchev–Trinajstić information content (AvgIpc) is 2.90. The van der Waals surface area contributed by atoms with E-state index in [9.17, 15) is 0 Å². The van der Waals surface area contributed by atoms with E-state index >= 15 is 0 Å². The van der Waals surface area contributed by atoms with E-state index in [4.69, 9.17) is 24.4 Å². The fourth-order valence-electron chi connectivity index (χ4n) is 2.25. The lowest BCUT2D eigenvalue weighted by Gasteiger charge is -2.19. The largest absolute Gasteiger partial charge is 0.493 e. The molecule has 5 nitrogen and oxygen atoms in total. The highest BCUT2D eigenvalue weighted by Gasteiger charge is 2.22. The maximum absolute atomic E-state index is 6.32. The molecule has 1 atom stereocenters. The van der Waals surface area contributed by atoms with E-state index in [0.29, 0.717) is 17.2 Å². The summed E-state index contributed by atoms with van der Waals surface area (Å²) >= 11 is 0. The highest BCUT2D eigenvalue weighted by Crippen LogP contribution is 2.43. The predicted octanol–water partition coefficient (Wildman–Crippen LogP) is 2.66. The van der Waals surface area contributed by atoms with E-state index < -0.39 is 0 Å². The minimum Gasteiger partial charge on any atom is -0.493 e. The molecule has 5 heteroatoms. The van der Waals surface area contributed by atoms with Crippen LogP contribution in [-0.2, 0) is 0 Å². The van der Waals surface area contributed by atoms with Gasteiger partial charge in [-0.1, -0.05) is 0 Å². The lowest BCUT2D eigenvalue weighted by atomic mass is 9.98. The van der Waals surface area contributed by atoms with Crippen LogP contribution >= 0.6 is 0 Å². The number of nitrogens with two attached hydrogens (primary N) is 1. The van der Waals surface area contributed by atoms with Gasteiger partial charge in [0.25, 0.3) is 0 Å². The lowest BCUT2D eigenvalue weighted by molar-refractivity contribution is 0.321. The Morgan fingerprint density at radius 3 is 2.15 bits per heavy atom. The van der Waals surface area contributed by atoms with Crippen molar-refractivity contribution in [3.05, 3.63) is 41.3 Å². The zero-order valence-corrected chi connectivity index (χ0v) is 12.1. The molecule has 0 amide bonds. The second-order valence-corrected chi connectivity index (χ2v) is 4.33. The Hall–Kier alpha value is -2.14. The predicted molar refractivity (Wildman–Crippen MR) is 75.6 cm³/mol. The average molecular weight is 277 g/mol. The number of hydrogen-bond acceptors (Lipinski definition) is 5. The molecule has 108 valence electrons. The van der Waals surface area contributed by atoms with E-state index in [1.54, 1.807) is 27.6 Å². The number of aryl methyl sites for hydroxylation is 1. The van der Waals surface area contributed by atoms with Gasteiger partial charge in [0.1, 0.15) is 5.76 Å². The molecule has 0 radical (unpaired) electrons. The van der Waals surface area contributed by atoms with Gasteiger partial charge in [0, 0.05) is 11.1 Å². The third-order valence-corrected chi connectivity index (χ3v) is 3.30. The fraction of sp³-hybridized carbons (Fsp3) is 0.333. The van der Waals surface area contributed by atoms with Gasteiger partial charge in [0.2, 0.25) is 5.75 Å². The van der Waals surface area contributed by atoms with Crippen LogP contribution in [0.1, 0.15) is 22.9 Å². The van der Waals surface area contributed by atoms with Gasteiger partial charge < -0.3 is 24.4 Å². The number of methoxy groups -OCH3 is 3. The molecule has 1 heterocycles. The molecule has 0 saturated carbocycles. The van der Waals surface area contributed by atoms with Gasteiger partial charge in [-0.15, -0.1) is 0 Å². The summed E-state index contributed by atoms with van der Waals surface area (Å²) in [6.07, 6.45) is 1.62. The van der Waals surface area contributed by atoms with Gasteiger partial charge in [0.15, 0.2) is 11.5 Å². The first-order chi connectivity index (χ1) is 9.63. The molecule has 20 heavy (non-hydrogen) atoms. The zero-order chi connectivity index (χ0) is 14.7. The Labute approximate surface area is 118 Å². The summed E-state index contributed by atoms with van der Waals surface area (Å²) in [7, 11) is 4.73. The highest BCUT2D eigenvalue weighted by atomic mass is 16.5. The maximum Gasteiger partial charge on any atom is 0.203 e. The van der Waals surface area contributed by atoms with Gasteiger partial charge in [-0.2, -0.15) is 0 Å². The van der Waals surface area contributed by atoms with E-state index in [2.05, 4.69) is 0 Å². The smallest absolute Gasteiger partial charge is 0.203 e. The Balaban J connectivity index is 2.54. The van der Waals surface area contributed by atoms with Crippen molar-refractivity contribution in [3.8, 4) is 17.2 Å². The first-order valence-corrected chi connectivity index (χ1v) is 6.22. The molecular weight excluding hydrogens is 258 g/mol. The third-order valence-electron chi connectivity index (χ3n) is 3.30. The summed E-state index contributed by atoms with van der Waals surface area (Å²) in [5.74, 6) is 2.49. The van der Waals surface area contributed by atoms with Crippen LogP contribution in [0.15, 0.2) is 28.9 Å². The Morgan fingerprint density at radius 2 is 1.65 bits per heavy atom. The summed E-state index contributed by atoms with van der Waals surface area (Å²) in [5.41, 5.74) is 8.04. The van der Waals surface area contributed by atoms with Crippen molar-refractivity contribution in [1.82, 2.24) is 0 Å². The quantitative estimate of drug-likeness (QED) is 0.910. The monoisotopic (exact) mass is 277 g/mol. The van der Waals surface area contributed by atoms with Crippen molar-refractivity contribution in [2.24, 2.45) is 5.73 Å². The van der Waals surface area contributed by atoms with Crippen LogP contribution in [-0.4, -0.2) is 21.3 Å². The van der Waals surface area contributed by atoms with Crippen LogP contribution in [0.2, 0.25) is 0 Å². The topological polar surface area (TPSA) is 66.9 Å². The molecular formula is C15H19NO4. The second kappa shape index (κ2) is 5.88. The lowest BCUT2D eigenvalue weighted by Crippen LogP contribution is -2.14. The van der Waals surface area contributed by atoms with Crippen molar-refractivity contribution in [2.45, 2.75) is 13.0 Å². The summed E-state index contributed by atoms with van der Waals surface area (Å²) < 4.78 is 21.4. The summed E-state index contributed by atoms with van der Waals surface area (Å²) in [6, 6.07) is 5.18. The summed E-state index contributed by atoms with van der Waals surface area (Å²) in [4.78, 5) is 0. The van der Waals surface area contributed by atoms with E-state index in [0.717, 1.165) is 16.9 Å². The Kier molecular flexibility index (Phi) is 4.20. The molecule has 0 saturated heterocycles. The molecule has 2 rings (SSSR count). The van der Waals surface area contributed by atoms with Gasteiger partial charge >= 0.3 is 0 Å². The van der Waals surface area contributed by atoms with Crippen molar-refractivity contribution in [2.75, 3.05) is 21.3 Å². The van der Waals surface area contributed by atoms with Gasteiger partial charge in [-0.3, -0.25) is 0 Å².